The molecular formula is C18H35N. The van der Waals surface area contributed by atoms with Crippen LogP contribution in [0.3, 0.4) is 0 Å². The van der Waals surface area contributed by atoms with Crippen LogP contribution in [0.1, 0.15) is 84.5 Å². The van der Waals surface area contributed by atoms with Crippen LogP contribution in [0.15, 0.2) is 0 Å². The highest BCUT2D eigenvalue weighted by molar-refractivity contribution is 4.77. The number of nitrogens with one attached hydrogen (secondary N) is 1. The maximum atomic E-state index is 3.87. The fourth-order valence-corrected chi connectivity index (χ4v) is 4.17. The first-order valence-electron chi connectivity index (χ1n) is 8.99. The van der Waals surface area contributed by atoms with Crippen LogP contribution in [0.4, 0.5) is 0 Å². The maximum Gasteiger partial charge on any atom is 0.00671 e. The molecule has 0 aromatic carbocycles. The smallest absolute Gasteiger partial charge is 0.00671 e. The minimum atomic E-state index is 0.826. The summed E-state index contributed by atoms with van der Waals surface area (Å²) in [4.78, 5) is 0. The molecule has 1 heteroatoms. The molecule has 0 amide bonds. The number of hydrogen-bond donors (Lipinski definition) is 1. The summed E-state index contributed by atoms with van der Waals surface area (Å²) in [6.07, 6.45) is 16.1. The Morgan fingerprint density at radius 3 is 2.37 bits per heavy atom. The predicted molar refractivity (Wildman–Crippen MR) is 84.4 cm³/mol. The van der Waals surface area contributed by atoms with Crippen molar-refractivity contribution in [2.75, 3.05) is 6.54 Å². The molecule has 2 aliphatic rings. The van der Waals surface area contributed by atoms with Gasteiger partial charge in [0.25, 0.3) is 0 Å². The Balaban J connectivity index is 1.60. The third-order valence-electron chi connectivity index (χ3n) is 5.67. The van der Waals surface area contributed by atoms with Gasteiger partial charge in [0.1, 0.15) is 0 Å². The zero-order valence-corrected chi connectivity index (χ0v) is 13.3. The first-order chi connectivity index (χ1) is 9.25. The normalized spacial score (nSPS) is 30.5. The minimum Gasteiger partial charge on any atom is -0.314 e. The van der Waals surface area contributed by atoms with Gasteiger partial charge in [-0.25, -0.2) is 0 Å². The predicted octanol–water partition coefficient (Wildman–Crippen LogP) is 5.15. The first kappa shape index (κ1) is 15.4. The summed E-state index contributed by atoms with van der Waals surface area (Å²) in [7, 11) is 0. The van der Waals surface area contributed by atoms with E-state index >= 15 is 0 Å². The van der Waals surface area contributed by atoms with Gasteiger partial charge in [0.15, 0.2) is 0 Å². The average Bonchev–Trinajstić information content (AvgIpc) is 2.66. The second-order valence-corrected chi connectivity index (χ2v) is 7.46. The molecule has 0 aromatic heterocycles. The molecule has 0 radical (unpaired) electrons. The van der Waals surface area contributed by atoms with E-state index in [-0.39, 0.29) is 0 Å². The highest BCUT2D eigenvalue weighted by atomic mass is 14.9. The van der Waals surface area contributed by atoms with Crippen molar-refractivity contribution in [3.63, 3.8) is 0 Å². The zero-order valence-electron chi connectivity index (χ0n) is 13.3. The van der Waals surface area contributed by atoms with Crippen molar-refractivity contribution < 1.29 is 0 Å². The van der Waals surface area contributed by atoms with E-state index in [1.165, 1.54) is 77.2 Å². The van der Waals surface area contributed by atoms with Crippen LogP contribution in [0.25, 0.3) is 0 Å². The Morgan fingerprint density at radius 2 is 1.63 bits per heavy atom. The Hall–Kier alpha value is -0.0400. The number of hydrogen-bond acceptors (Lipinski definition) is 1. The van der Waals surface area contributed by atoms with Crippen molar-refractivity contribution in [1.29, 1.82) is 0 Å². The molecular weight excluding hydrogens is 230 g/mol. The third-order valence-corrected chi connectivity index (χ3v) is 5.67. The monoisotopic (exact) mass is 265 g/mol. The van der Waals surface area contributed by atoms with Crippen LogP contribution in [-0.2, 0) is 0 Å². The molecule has 112 valence electrons. The topological polar surface area (TPSA) is 12.0 Å². The second kappa shape index (κ2) is 8.29. The van der Waals surface area contributed by atoms with E-state index in [0.717, 1.165) is 23.8 Å². The molecule has 2 rings (SSSR count). The fourth-order valence-electron chi connectivity index (χ4n) is 4.17. The van der Waals surface area contributed by atoms with E-state index < -0.39 is 0 Å². The van der Waals surface area contributed by atoms with Gasteiger partial charge in [0, 0.05) is 6.04 Å². The van der Waals surface area contributed by atoms with Crippen molar-refractivity contribution in [1.82, 2.24) is 5.32 Å². The molecule has 2 aliphatic carbocycles. The van der Waals surface area contributed by atoms with E-state index in [1.54, 1.807) is 0 Å². The largest absolute Gasteiger partial charge is 0.314 e. The lowest BCUT2D eigenvalue weighted by Gasteiger charge is -2.23. The Morgan fingerprint density at radius 1 is 0.842 bits per heavy atom. The molecule has 1 nitrogen and oxygen atoms in total. The molecule has 2 atom stereocenters. The van der Waals surface area contributed by atoms with Gasteiger partial charge in [0.2, 0.25) is 0 Å². The van der Waals surface area contributed by atoms with Crippen molar-refractivity contribution >= 4 is 0 Å². The van der Waals surface area contributed by atoms with Crippen molar-refractivity contribution in [3.05, 3.63) is 0 Å². The van der Waals surface area contributed by atoms with E-state index in [0.29, 0.717) is 0 Å². The molecule has 0 bridgehead atoms. The van der Waals surface area contributed by atoms with Crippen LogP contribution in [0.5, 0.6) is 0 Å². The van der Waals surface area contributed by atoms with Gasteiger partial charge in [0.05, 0.1) is 0 Å². The lowest BCUT2D eigenvalue weighted by molar-refractivity contribution is 0.318. The van der Waals surface area contributed by atoms with Gasteiger partial charge in [-0.3, -0.25) is 0 Å². The summed E-state index contributed by atoms with van der Waals surface area (Å²) in [6, 6.07) is 0.826. The molecule has 1 N–H and O–H groups in total. The zero-order chi connectivity index (χ0) is 13.5. The summed E-state index contributed by atoms with van der Waals surface area (Å²) in [5.74, 6) is 2.92. The summed E-state index contributed by atoms with van der Waals surface area (Å²) in [5, 5.41) is 3.87. The van der Waals surface area contributed by atoms with Crippen molar-refractivity contribution in [2.45, 2.75) is 90.5 Å². The maximum absolute atomic E-state index is 3.87. The van der Waals surface area contributed by atoms with Gasteiger partial charge in [-0.2, -0.15) is 0 Å². The van der Waals surface area contributed by atoms with Crippen LogP contribution < -0.4 is 5.32 Å². The van der Waals surface area contributed by atoms with Crippen LogP contribution in [0, 0.1) is 17.8 Å². The molecule has 0 spiro atoms. The van der Waals surface area contributed by atoms with Crippen LogP contribution >= 0.6 is 0 Å². The standard InChI is InChI=1S/C18H35N/c1-15(2)17-9-6-10-18(12-11-17)19-14-13-16-7-4-3-5-8-16/h15-19H,3-14H2,1-2H3. The summed E-state index contributed by atoms with van der Waals surface area (Å²) in [6.45, 7) is 6.09. The third kappa shape index (κ3) is 5.45. The Bertz CT molecular complexity index is 230. The van der Waals surface area contributed by atoms with E-state index in [1.807, 2.05) is 0 Å². The second-order valence-electron chi connectivity index (χ2n) is 7.46. The van der Waals surface area contributed by atoms with Gasteiger partial charge in [-0.1, -0.05) is 58.8 Å². The Labute approximate surface area is 120 Å². The number of rotatable bonds is 5. The van der Waals surface area contributed by atoms with E-state index in [4.69, 9.17) is 0 Å². The van der Waals surface area contributed by atoms with E-state index in [9.17, 15) is 0 Å². The van der Waals surface area contributed by atoms with Gasteiger partial charge < -0.3 is 5.32 Å². The highest BCUT2D eigenvalue weighted by Gasteiger charge is 2.21. The molecule has 0 saturated heterocycles. The molecule has 0 aromatic rings. The molecule has 19 heavy (non-hydrogen) atoms. The summed E-state index contributed by atoms with van der Waals surface area (Å²) in [5.41, 5.74) is 0. The summed E-state index contributed by atoms with van der Waals surface area (Å²) >= 11 is 0. The van der Waals surface area contributed by atoms with Gasteiger partial charge in [-0.15, -0.1) is 0 Å². The SMILES string of the molecule is CC(C)C1CCCC(NCCC2CCCCC2)CC1. The quantitative estimate of drug-likeness (QED) is 0.678. The Kier molecular flexibility index (Phi) is 6.70. The average molecular weight is 265 g/mol. The molecule has 2 saturated carbocycles. The molecule has 2 unspecified atom stereocenters. The lowest BCUT2D eigenvalue weighted by atomic mass is 9.87. The van der Waals surface area contributed by atoms with Crippen LogP contribution in [0.2, 0.25) is 0 Å². The highest BCUT2D eigenvalue weighted by Crippen LogP contribution is 2.29. The summed E-state index contributed by atoms with van der Waals surface area (Å²) < 4.78 is 0. The minimum absolute atomic E-state index is 0.826. The van der Waals surface area contributed by atoms with Gasteiger partial charge >= 0.3 is 0 Å². The van der Waals surface area contributed by atoms with Crippen molar-refractivity contribution in [2.24, 2.45) is 17.8 Å². The lowest BCUT2D eigenvalue weighted by Crippen LogP contribution is -2.30. The first-order valence-corrected chi connectivity index (χ1v) is 8.99. The van der Waals surface area contributed by atoms with Gasteiger partial charge in [-0.05, 0) is 50.0 Å². The molecule has 2 fully saturated rings. The molecule has 0 aliphatic heterocycles. The van der Waals surface area contributed by atoms with Crippen molar-refractivity contribution in [3.8, 4) is 0 Å². The van der Waals surface area contributed by atoms with Crippen LogP contribution in [-0.4, -0.2) is 12.6 Å². The molecule has 0 heterocycles. The van der Waals surface area contributed by atoms with E-state index in [2.05, 4.69) is 19.2 Å². The fraction of sp³-hybridized carbons (Fsp3) is 1.00.